The minimum Gasteiger partial charge on any atom is -0.343 e. The zero-order valence-electron chi connectivity index (χ0n) is 18.6. The predicted octanol–water partition coefficient (Wildman–Crippen LogP) is 4.72. The van der Waals surface area contributed by atoms with E-state index >= 15 is 0 Å². The third-order valence-corrected chi connectivity index (χ3v) is 6.37. The fraction of sp³-hybridized carbons (Fsp3) is 0.318. The highest BCUT2D eigenvalue weighted by Crippen LogP contribution is 2.35. The topological polar surface area (TPSA) is 100 Å². The molecule has 1 saturated heterocycles. The van der Waals surface area contributed by atoms with Gasteiger partial charge in [0, 0.05) is 12.2 Å². The van der Waals surface area contributed by atoms with E-state index in [1.807, 2.05) is 0 Å². The van der Waals surface area contributed by atoms with Gasteiger partial charge in [-0.25, -0.2) is 19.3 Å². The number of anilines is 3. The Balaban J connectivity index is 1.48. The Morgan fingerprint density at radius 3 is 2.46 bits per heavy atom. The van der Waals surface area contributed by atoms with Gasteiger partial charge in [-0.1, -0.05) is 0 Å². The van der Waals surface area contributed by atoms with Gasteiger partial charge >= 0.3 is 6.18 Å². The smallest absolute Gasteiger partial charge is 0.343 e. The minimum atomic E-state index is -4.39. The van der Waals surface area contributed by atoms with Crippen LogP contribution in [0.2, 0.25) is 0 Å². The van der Waals surface area contributed by atoms with E-state index in [-0.39, 0.29) is 35.9 Å². The molecule has 0 radical (unpaired) electrons. The van der Waals surface area contributed by atoms with Gasteiger partial charge in [0.2, 0.25) is 0 Å². The third kappa shape index (κ3) is 5.39. The van der Waals surface area contributed by atoms with Crippen molar-refractivity contribution in [3.63, 3.8) is 0 Å². The lowest BCUT2D eigenvalue weighted by Gasteiger charge is -2.27. The number of carbonyl (C=O) groups excluding carboxylic acids is 2. The summed E-state index contributed by atoms with van der Waals surface area (Å²) in [6, 6.07) is 0.676. The molecular weight excluding hydrogens is 488 g/mol. The molecule has 4 rings (SSSR count). The molecule has 2 amide bonds. The molecule has 3 aromatic rings. The first-order chi connectivity index (χ1) is 16.5. The first-order valence-electron chi connectivity index (χ1n) is 10.5. The second-order valence-corrected chi connectivity index (χ2v) is 9.19. The minimum absolute atomic E-state index is 0.0299. The Kier molecular flexibility index (Phi) is 6.70. The van der Waals surface area contributed by atoms with Crippen molar-refractivity contribution < 1.29 is 27.2 Å². The van der Waals surface area contributed by atoms with Gasteiger partial charge in [0.05, 0.1) is 29.2 Å². The molecule has 1 aliphatic heterocycles. The predicted molar refractivity (Wildman–Crippen MR) is 122 cm³/mol. The number of hydrogen-bond donors (Lipinski definition) is 2. The van der Waals surface area contributed by atoms with Gasteiger partial charge < -0.3 is 15.5 Å². The molecule has 2 N–H and O–H groups in total. The van der Waals surface area contributed by atoms with Crippen LogP contribution in [0.4, 0.5) is 34.9 Å². The van der Waals surface area contributed by atoms with Crippen LogP contribution >= 0.6 is 11.3 Å². The van der Waals surface area contributed by atoms with Crippen molar-refractivity contribution in [2.24, 2.45) is 0 Å². The molecule has 8 nitrogen and oxygen atoms in total. The van der Waals surface area contributed by atoms with E-state index < -0.39 is 29.8 Å². The number of alkyl halides is 3. The van der Waals surface area contributed by atoms with Crippen molar-refractivity contribution in [1.29, 1.82) is 0 Å². The number of nitrogens with one attached hydrogen (secondary N) is 2. The first-order valence-corrected chi connectivity index (χ1v) is 11.4. The lowest BCUT2D eigenvalue weighted by Crippen LogP contribution is -2.41. The zero-order valence-corrected chi connectivity index (χ0v) is 19.4. The molecule has 0 bridgehead atoms. The Morgan fingerprint density at radius 2 is 1.83 bits per heavy atom. The van der Waals surface area contributed by atoms with Gasteiger partial charge in [-0.2, -0.15) is 13.2 Å². The summed E-state index contributed by atoms with van der Waals surface area (Å²) in [5.74, 6) is -2.15. The molecule has 1 aliphatic rings. The molecule has 35 heavy (non-hydrogen) atoms. The molecule has 0 aliphatic carbocycles. The highest BCUT2D eigenvalue weighted by molar-refractivity contribution is 7.13. The zero-order chi connectivity index (χ0) is 25.3. The number of amides is 2. The quantitative estimate of drug-likeness (QED) is 0.484. The van der Waals surface area contributed by atoms with Crippen molar-refractivity contribution in [1.82, 2.24) is 15.0 Å². The highest BCUT2D eigenvalue weighted by atomic mass is 32.1. The Labute approximate surface area is 201 Å². The molecule has 13 heteroatoms. The molecule has 184 valence electrons. The largest absolute Gasteiger partial charge is 0.408 e. The fourth-order valence-electron chi connectivity index (χ4n) is 3.73. The highest BCUT2D eigenvalue weighted by Gasteiger charge is 2.46. The second kappa shape index (κ2) is 9.56. The van der Waals surface area contributed by atoms with Crippen LogP contribution in [0, 0.1) is 19.7 Å². The summed E-state index contributed by atoms with van der Waals surface area (Å²) in [5, 5.41) is 5.73. The lowest BCUT2D eigenvalue weighted by atomic mass is 10.1. The number of carbonyl (C=O) groups is 2. The van der Waals surface area contributed by atoms with Gasteiger partial charge in [-0.3, -0.25) is 9.59 Å². The van der Waals surface area contributed by atoms with Crippen LogP contribution in [0.5, 0.6) is 0 Å². The number of rotatable bonds is 5. The number of hydrogen-bond acceptors (Lipinski definition) is 7. The molecule has 1 fully saturated rings. The van der Waals surface area contributed by atoms with E-state index in [4.69, 9.17) is 0 Å². The lowest BCUT2D eigenvalue weighted by molar-refractivity contribution is -0.146. The van der Waals surface area contributed by atoms with E-state index in [9.17, 15) is 27.2 Å². The van der Waals surface area contributed by atoms with Crippen molar-refractivity contribution in [3.05, 3.63) is 57.6 Å². The normalized spacial score (nSPS) is 15.8. The summed E-state index contributed by atoms with van der Waals surface area (Å²) in [5.41, 5.74) is 0.290. The van der Waals surface area contributed by atoms with Gasteiger partial charge in [0.25, 0.3) is 11.8 Å². The van der Waals surface area contributed by atoms with E-state index in [2.05, 4.69) is 25.6 Å². The van der Waals surface area contributed by atoms with Crippen LogP contribution in [-0.4, -0.2) is 45.5 Å². The number of aryl methyl sites for hydroxylation is 2. The molecule has 0 saturated carbocycles. The summed E-state index contributed by atoms with van der Waals surface area (Å²) in [7, 11) is 0. The summed E-state index contributed by atoms with van der Waals surface area (Å²) >= 11 is 1.19. The van der Waals surface area contributed by atoms with E-state index in [0.29, 0.717) is 21.9 Å². The van der Waals surface area contributed by atoms with Gasteiger partial charge in [-0.05, 0) is 44.4 Å². The summed E-state index contributed by atoms with van der Waals surface area (Å²) in [4.78, 5) is 38.6. The molecule has 3 heterocycles. The monoisotopic (exact) mass is 508 g/mol. The number of halogens is 4. The van der Waals surface area contributed by atoms with Crippen LogP contribution in [0.1, 0.15) is 43.4 Å². The van der Waals surface area contributed by atoms with Crippen LogP contribution in [-0.2, 0) is 0 Å². The molecule has 1 atom stereocenters. The van der Waals surface area contributed by atoms with E-state index in [1.165, 1.54) is 23.6 Å². The Bertz CT molecular complexity index is 1260. The van der Waals surface area contributed by atoms with Crippen LogP contribution < -0.4 is 15.5 Å². The van der Waals surface area contributed by atoms with Crippen molar-refractivity contribution >= 4 is 40.5 Å². The fourth-order valence-corrected chi connectivity index (χ4v) is 4.40. The Hall–Kier alpha value is -3.61. The molecular formula is C22H20F4N6O2S. The van der Waals surface area contributed by atoms with Crippen molar-refractivity contribution in [3.8, 4) is 0 Å². The number of nitrogens with zero attached hydrogens (tertiary/aromatic N) is 4. The average molecular weight is 509 g/mol. The van der Waals surface area contributed by atoms with E-state index in [1.54, 1.807) is 13.8 Å². The summed E-state index contributed by atoms with van der Waals surface area (Å²) in [6.07, 6.45) is -0.382. The van der Waals surface area contributed by atoms with Crippen molar-refractivity contribution in [2.45, 2.75) is 38.9 Å². The third-order valence-electron chi connectivity index (χ3n) is 5.46. The maximum Gasteiger partial charge on any atom is 0.408 e. The first kappa shape index (κ1) is 24.5. The van der Waals surface area contributed by atoms with Crippen LogP contribution in [0.3, 0.4) is 0 Å². The second-order valence-electron chi connectivity index (χ2n) is 7.95. The number of benzene rings is 1. The molecule has 1 aromatic carbocycles. The van der Waals surface area contributed by atoms with Crippen LogP contribution in [0.25, 0.3) is 0 Å². The maximum atomic E-state index is 14.5. The van der Waals surface area contributed by atoms with E-state index in [0.717, 1.165) is 23.4 Å². The van der Waals surface area contributed by atoms with Gasteiger partial charge in [-0.15, -0.1) is 11.3 Å². The molecule has 2 aromatic heterocycles. The summed E-state index contributed by atoms with van der Waals surface area (Å²) < 4.78 is 54.1. The SMILES string of the molecule is Cc1ncc(C(=O)Nc2cc(C(=O)Nc3cnc(N4CCC[C@H]4C(F)(F)F)cn3)c(F)cc2C)s1. The van der Waals surface area contributed by atoms with Crippen molar-refractivity contribution in [2.75, 3.05) is 22.1 Å². The number of thiazole rings is 1. The van der Waals surface area contributed by atoms with Gasteiger partial charge in [0.15, 0.2) is 5.82 Å². The Morgan fingerprint density at radius 1 is 1.06 bits per heavy atom. The standard InChI is InChI=1S/C22H20F4N6O2S/c1-11-6-14(23)13(7-15(11)30-21(34)16-8-27-12(2)35-16)20(33)31-18-9-29-19(10-28-18)32-5-3-4-17(32)22(24,25)26/h6-10,17H,3-5H2,1-2H3,(H,30,34)(H,28,31,33)/t17-/m0/s1. The van der Waals surface area contributed by atoms with Crippen LogP contribution in [0.15, 0.2) is 30.7 Å². The number of aromatic nitrogens is 3. The van der Waals surface area contributed by atoms with Gasteiger partial charge in [0.1, 0.15) is 22.6 Å². The maximum absolute atomic E-state index is 14.5. The molecule has 0 unspecified atom stereocenters. The summed E-state index contributed by atoms with van der Waals surface area (Å²) in [6.45, 7) is 3.52. The average Bonchev–Trinajstić information content (AvgIpc) is 3.45. The molecule has 0 spiro atoms.